The van der Waals surface area contributed by atoms with Gasteiger partial charge in [0.15, 0.2) is 0 Å². The van der Waals surface area contributed by atoms with E-state index in [-0.39, 0.29) is 12.1 Å². The molecule has 5 aromatic carbocycles. The summed E-state index contributed by atoms with van der Waals surface area (Å²) in [4.78, 5) is 4.86. The van der Waals surface area contributed by atoms with Crippen LogP contribution in [-0.2, 0) is 0 Å². The first-order valence-corrected chi connectivity index (χ1v) is 12.1. The van der Waals surface area contributed by atoms with Gasteiger partial charge in [0.05, 0.1) is 23.5 Å². The van der Waals surface area contributed by atoms with Crippen molar-refractivity contribution in [3.05, 3.63) is 175 Å². The average Bonchev–Trinajstić information content (AvgIpc) is 3.30. The Balaban J connectivity index is 1.50. The van der Waals surface area contributed by atoms with E-state index in [1.165, 1.54) is 33.6 Å². The zero-order valence-electron chi connectivity index (χ0n) is 19.5. The Labute approximate surface area is 207 Å². The summed E-state index contributed by atoms with van der Waals surface area (Å²) >= 11 is 0. The predicted molar refractivity (Wildman–Crippen MR) is 145 cm³/mol. The lowest BCUT2D eigenvalue weighted by Gasteiger charge is -2.34. The molecule has 6 rings (SSSR count). The van der Waals surface area contributed by atoms with Crippen LogP contribution in [0.1, 0.15) is 34.3 Å². The van der Waals surface area contributed by atoms with Gasteiger partial charge in [0.2, 0.25) is 0 Å². The summed E-state index contributed by atoms with van der Waals surface area (Å²) in [6, 6.07) is 52.0. The Morgan fingerprint density at radius 3 is 0.857 bits per heavy atom. The van der Waals surface area contributed by atoms with E-state index in [9.17, 15) is 0 Å². The van der Waals surface area contributed by atoms with Crippen molar-refractivity contribution < 1.29 is 0 Å². The first kappa shape index (κ1) is 21.2. The SMILES string of the molecule is [CH]1N(C(c2ccccc2)c2ccccc2)c2ccccc2N1C(c1ccccc1)c1ccccc1. The van der Waals surface area contributed by atoms with Crippen LogP contribution >= 0.6 is 0 Å². The van der Waals surface area contributed by atoms with E-state index in [0.717, 1.165) is 0 Å². The van der Waals surface area contributed by atoms with E-state index in [2.05, 4.69) is 162 Å². The van der Waals surface area contributed by atoms with Crippen LogP contribution in [0, 0.1) is 6.67 Å². The van der Waals surface area contributed by atoms with Gasteiger partial charge in [0.1, 0.15) is 6.67 Å². The van der Waals surface area contributed by atoms with Gasteiger partial charge in [-0.25, -0.2) is 0 Å². The average molecular weight is 452 g/mol. The van der Waals surface area contributed by atoms with Gasteiger partial charge in [-0.15, -0.1) is 0 Å². The van der Waals surface area contributed by atoms with Gasteiger partial charge in [-0.1, -0.05) is 133 Å². The lowest BCUT2D eigenvalue weighted by atomic mass is 9.97. The highest BCUT2D eigenvalue weighted by Crippen LogP contribution is 2.49. The summed E-state index contributed by atoms with van der Waals surface area (Å²) in [7, 11) is 0. The third-order valence-corrected chi connectivity index (χ3v) is 6.70. The van der Waals surface area contributed by atoms with Gasteiger partial charge >= 0.3 is 0 Å². The molecule has 1 aliphatic rings. The van der Waals surface area contributed by atoms with Gasteiger partial charge in [-0.3, -0.25) is 0 Å². The van der Waals surface area contributed by atoms with Crippen LogP contribution in [-0.4, -0.2) is 0 Å². The molecule has 5 aromatic rings. The zero-order chi connectivity index (χ0) is 23.5. The summed E-state index contributed by atoms with van der Waals surface area (Å²) in [5.41, 5.74) is 7.49. The highest BCUT2D eigenvalue weighted by atomic mass is 15.4. The minimum Gasteiger partial charge on any atom is -0.335 e. The Kier molecular flexibility index (Phi) is 5.78. The molecular formula is C33H27N2. The Morgan fingerprint density at radius 1 is 0.314 bits per heavy atom. The number of fused-ring (bicyclic) bond motifs is 1. The fourth-order valence-corrected chi connectivity index (χ4v) is 5.14. The topological polar surface area (TPSA) is 6.48 Å². The van der Waals surface area contributed by atoms with Crippen molar-refractivity contribution in [1.29, 1.82) is 0 Å². The minimum absolute atomic E-state index is 0.0655. The molecule has 0 saturated carbocycles. The van der Waals surface area contributed by atoms with E-state index in [4.69, 9.17) is 0 Å². The summed E-state index contributed by atoms with van der Waals surface area (Å²) in [6.45, 7) is 2.31. The predicted octanol–water partition coefficient (Wildman–Crippen LogP) is 8.01. The molecule has 1 heterocycles. The molecular weight excluding hydrogens is 424 g/mol. The number of benzene rings is 5. The van der Waals surface area contributed by atoms with E-state index in [1.54, 1.807) is 0 Å². The lowest BCUT2D eigenvalue weighted by molar-refractivity contribution is 0.723. The second-order valence-electron chi connectivity index (χ2n) is 8.87. The molecule has 169 valence electrons. The summed E-state index contributed by atoms with van der Waals surface area (Å²) in [5.74, 6) is 0. The van der Waals surface area contributed by atoms with Crippen LogP contribution in [0.4, 0.5) is 11.4 Å². The number of rotatable bonds is 6. The molecule has 0 unspecified atom stereocenters. The van der Waals surface area contributed by atoms with Crippen molar-refractivity contribution in [3.8, 4) is 0 Å². The van der Waals surface area contributed by atoms with Crippen LogP contribution in [0.15, 0.2) is 146 Å². The fraction of sp³-hybridized carbons (Fsp3) is 0.0606. The van der Waals surface area contributed by atoms with Crippen molar-refractivity contribution in [3.63, 3.8) is 0 Å². The van der Waals surface area contributed by atoms with Crippen molar-refractivity contribution in [2.45, 2.75) is 12.1 Å². The van der Waals surface area contributed by atoms with Crippen molar-refractivity contribution in [1.82, 2.24) is 0 Å². The molecule has 0 aromatic heterocycles. The Bertz CT molecular complexity index is 1180. The molecule has 0 atom stereocenters. The van der Waals surface area contributed by atoms with Gasteiger partial charge < -0.3 is 9.80 Å². The first-order chi connectivity index (χ1) is 17.4. The quantitative estimate of drug-likeness (QED) is 0.258. The van der Waals surface area contributed by atoms with Crippen molar-refractivity contribution >= 4 is 11.4 Å². The molecule has 0 spiro atoms. The molecule has 0 amide bonds. The van der Waals surface area contributed by atoms with Crippen LogP contribution in [0.25, 0.3) is 0 Å². The number of para-hydroxylation sites is 2. The van der Waals surface area contributed by atoms with E-state index in [0.29, 0.717) is 0 Å². The van der Waals surface area contributed by atoms with Gasteiger partial charge in [-0.05, 0) is 34.4 Å². The third-order valence-electron chi connectivity index (χ3n) is 6.70. The zero-order valence-corrected chi connectivity index (χ0v) is 19.5. The highest BCUT2D eigenvalue weighted by molar-refractivity contribution is 5.81. The molecule has 0 aliphatic carbocycles. The second kappa shape index (κ2) is 9.52. The molecule has 35 heavy (non-hydrogen) atoms. The van der Waals surface area contributed by atoms with Crippen molar-refractivity contribution in [2.75, 3.05) is 9.80 Å². The number of hydrogen-bond donors (Lipinski definition) is 0. The standard InChI is InChI=1S/C33H27N2/c1-5-15-26(16-6-1)32(27-17-7-2-8-18-27)34-25-35(31-24-14-13-23-30(31)34)33(28-19-9-3-10-20-28)29-21-11-4-12-22-29/h1-25,32-33H. The van der Waals surface area contributed by atoms with Crippen LogP contribution in [0.5, 0.6) is 0 Å². The summed E-state index contributed by atoms with van der Waals surface area (Å²) < 4.78 is 0. The molecule has 2 nitrogen and oxygen atoms in total. The maximum absolute atomic E-state index is 2.43. The van der Waals surface area contributed by atoms with E-state index in [1.807, 2.05) is 0 Å². The number of nitrogens with zero attached hydrogens (tertiary/aromatic N) is 2. The monoisotopic (exact) mass is 451 g/mol. The molecule has 1 aliphatic heterocycles. The van der Waals surface area contributed by atoms with Crippen molar-refractivity contribution in [2.24, 2.45) is 0 Å². The van der Waals surface area contributed by atoms with E-state index < -0.39 is 0 Å². The minimum atomic E-state index is 0.0655. The third kappa shape index (κ3) is 4.08. The number of hydrogen-bond acceptors (Lipinski definition) is 2. The largest absolute Gasteiger partial charge is 0.335 e. The van der Waals surface area contributed by atoms with Gasteiger partial charge in [0, 0.05) is 0 Å². The lowest BCUT2D eigenvalue weighted by Crippen LogP contribution is -2.32. The summed E-state index contributed by atoms with van der Waals surface area (Å²) in [6.07, 6.45) is 0. The highest BCUT2D eigenvalue weighted by Gasteiger charge is 2.37. The maximum atomic E-state index is 2.43. The molecule has 0 bridgehead atoms. The van der Waals surface area contributed by atoms with Gasteiger partial charge in [0.25, 0.3) is 0 Å². The van der Waals surface area contributed by atoms with E-state index >= 15 is 0 Å². The molecule has 0 fully saturated rings. The Hall–Kier alpha value is -4.30. The smallest absolute Gasteiger partial charge is 0.143 e. The summed E-state index contributed by atoms with van der Waals surface area (Å²) in [5, 5.41) is 0. The first-order valence-electron chi connectivity index (χ1n) is 12.1. The van der Waals surface area contributed by atoms with Gasteiger partial charge in [-0.2, -0.15) is 0 Å². The molecule has 0 N–H and O–H groups in total. The molecule has 2 heteroatoms. The van der Waals surface area contributed by atoms with Crippen LogP contribution in [0.2, 0.25) is 0 Å². The number of anilines is 2. The fourth-order valence-electron chi connectivity index (χ4n) is 5.14. The van der Waals surface area contributed by atoms with Crippen LogP contribution < -0.4 is 9.80 Å². The van der Waals surface area contributed by atoms with Crippen LogP contribution in [0.3, 0.4) is 0 Å². The molecule has 0 saturated heterocycles. The normalized spacial score (nSPS) is 12.9. The molecule has 1 radical (unpaired) electrons. The maximum Gasteiger partial charge on any atom is 0.143 e. The Morgan fingerprint density at radius 2 is 0.571 bits per heavy atom. The second-order valence-corrected chi connectivity index (χ2v) is 8.87.